The number of hydrogen-bond donors (Lipinski definition) is 1. The number of ether oxygens (including phenoxy) is 1. The molecule has 0 heterocycles. The zero-order chi connectivity index (χ0) is 31.0. The predicted octanol–water partition coefficient (Wildman–Crippen LogP) is 5.34. The Morgan fingerprint density at radius 2 is 1.70 bits per heavy atom. The van der Waals surface area contributed by atoms with E-state index in [1.807, 2.05) is 30.3 Å². The molecule has 2 amide bonds. The van der Waals surface area contributed by atoms with Crippen molar-refractivity contribution in [2.24, 2.45) is 0 Å². The number of carbonyl (C=O) groups excluding carboxylic acids is 2. The maximum Gasteiger partial charge on any atom is 0.244 e. The summed E-state index contributed by atoms with van der Waals surface area (Å²) in [5.41, 5.74) is 1.16. The Balaban J connectivity index is 1.74. The Kier molecular flexibility index (Phi) is 11.0. The average Bonchev–Trinajstić information content (AvgIpc) is 2.99. The molecule has 230 valence electrons. The molecule has 1 atom stereocenters. The molecule has 1 unspecified atom stereocenters. The van der Waals surface area contributed by atoms with Gasteiger partial charge in [0, 0.05) is 24.6 Å². The molecule has 1 aliphatic carbocycles. The van der Waals surface area contributed by atoms with Crippen LogP contribution in [0, 0.1) is 5.82 Å². The third-order valence-electron chi connectivity index (χ3n) is 7.62. The topological polar surface area (TPSA) is 96.0 Å². The predicted molar refractivity (Wildman–Crippen MR) is 166 cm³/mol. The van der Waals surface area contributed by atoms with Crippen molar-refractivity contribution >= 4 is 39.1 Å². The fourth-order valence-corrected chi connectivity index (χ4v) is 6.43. The van der Waals surface area contributed by atoms with E-state index in [0.29, 0.717) is 5.75 Å². The van der Waals surface area contributed by atoms with Gasteiger partial charge in [-0.3, -0.25) is 13.9 Å². The van der Waals surface area contributed by atoms with Gasteiger partial charge >= 0.3 is 0 Å². The Bertz CT molecular complexity index is 1520. The SMILES string of the molecule is COc1ccc(N(CC(=O)N(Cc2ccccc2F)C(Cc2ccccc2)C(=O)NC2CCCCC2)S(C)(=O)=O)cc1Cl. The summed E-state index contributed by atoms with van der Waals surface area (Å²) in [6.07, 6.45) is 5.92. The van der Waals surface area contributed by atoms with Gasteiger partial charge in [-0.05, 0) is 42.7 Å². The smallest absolute Gasteiger partial charge is 0.244 e. The van der Waals surface area contributed by atoms with E-state index in [4.69, 9.17) is 16.3 Å². The fraction of sp³-hybridized carbons (Fsp3) is 0.375. The number of hydrogen-bond acceptors (Lipinski definition) is 5. The molecule has 4 rings (SSSR count). The van der Waals surface area contributed by atoms with Crippen LogP contribution in [0.2, 0.25) is 5.02 Å². The van der Waals surface area contributed by atoms with Crippen molar-refractivity contribution < 1.29 is 27.1 Å². The summed E-state index contributed by atoms with van der Waals surface area (Å²) >= 11 is 6.29. The third kappa shape index (κ3) is 8.70. The molecule has 0 radical (unpaired) electrons. The Labute approximate surface area is 257 Å². The van der Waals surface area contributed by atoms with Crippen molar-refractivity contribution in [1.29, 1.82) is 0 Å². The highest BCUT2D eigenvalue weighted by Crippen LogP contribution is 2.30. The largest absolute Gasteiger partial charge is 0.495 e. The molecule has 1 fully saturated rings. The number of halogens is 2. The summed E-state index contributed by atoms with van der Waals surface area (Å²) < 4.78 is 47.0. The first kappa shape index (κ1) is 32.3. The maximum absolute atomic E-state index is 14.9. The zero-order valence-electron chi connectivity index (χ0n) is 24.3. The minimum Gasteiger partial charge on any atom is -0.495 e. The zero-order valence-corrected chi connectivity index (χ0v) is 25.9. The molecule has 0 spiro atoms. The van der Waals surface area contributed by atoms with Crippen LogP contribution < -0.4 is 14.4 Å². The van der Waals surface area contributed by atoms with E-state index in [2.05, 4.69) is 5.32 Å². The first-order valence-corrected chi connectivity index (χ1v) is 16.5. The van der Waals surface area contributed by atoms with E-state index < -0.39 is 34.3 Å². The summed E-state index contributed by atoms with van der Waals surface area (Å²) in [4.78, 5) is 29.4. The number of methoxy groups -OCH3 is 1. The second-order valence-electron chi connectivity index (χ2n) is 10.8. The van der Waals surface area contributed by atoms with Crippen LogP contribution in [0.1, 0.15) is 43.2 Å². The number of amides is 2. The summed E-state index contributed by atoms with van der Waals surface area (Å²) in [6, 6.07) is 18.6. The molecule has 3 aromatic rings. The standard InChI is InChI=1S/C32H37ClFN3O5S/c1-42-30-18-17-26(20-27(30)33)37(43(2,40)41)22-31(38)36(21-24-13-9-10-16-28(24)34)29(19-23-11-5-3-6-12-23)32(39)35-25-14-7-4-8-15-25/h3,5-6,9-13,16-18,20,25,29H,4,7-8,14-15,19,21-22H2,1-2H3,(H,35,39). The summed E-state index contributed by atoms with van der Waals surface area (Å²) in [6.45, 7) is -0.861. The Morgan fingerprint density at radius 3 is 2.33 bits per heavy atom. The van der Waals surface area contributed by atoms with Gasteiger partial charge < -0.3 is 15.0 Å². The molecular formula is C32H37ClFN3O5S. The number of sulfonamides is 1. The van der Waals surface area contributed by atoms with Crippen molar-refractivity contribution in [3.8, 4) is 5.75 Å². The van der Waals surface area contributed by atoms with E-state index in [0.717, 1.165) is 48.2 Å². The molecule has 0 saturated heterocycles. The van der Waals surface area contributed by atoms with Crippen LogP contribution in [0.4, 0.5) is 10.1 Å². The lowest BCUT2D eigenvalue weighted by molar-refractivity contribution is -0.140. The van der Waals surface area contributed by atoms with Gasteiger partial charge in [-0.1, -0.05) is 79.4 Å². The van der Waals surface area contributed by atoms with Crippen molar-refractivity contribution in [3.05, 3.63) is 94.8 Å². The lowest BCUT2D eigenvalue weighted by atomic mass is 9.94. The molecule has 0 aliphatic heterocycles. The van der Waals surface area contributed by atoms with Crippen molar-refractivity contribution in [3.63, 3.8) is 0 Å². The molecule has 11 heteroatoms. The number of carbonyl (C=O) groups is 2. The highest BCUT2D eigenvalue weighted by Gasteiger charge is 2.34. The van der Waals surface area contributed by atoms with Crippen LogP contribution in [-0.2, 0) is 32.6 Å². The van der Waals surface area contributed by atoms with Gasteiger partial charge in [0.1, 0.15) is 24.2 Å². The van der Waals surface area contributed by atoms with Gasteiger partial charge in [-0.15, -0.1) is 0 Å². The summed E-state index contributed by atoms with van der Waals surface area (Å²) in [7, 11) is -2.54. The van der Waals surface area contributed by atoms with Gasteiger partial charge in [0.2, 0.25) is 21.8 Å². The van der Waals surface area contributed by atoms with Crippen LogP contribution >= 0.6 is 11.6 Å². The van der Waals surface area contributed by atoms with Crippen LogP contribution in [0.25, 0.3) is 0 Å². The first-order chi connectivity index (χ1) is 20.6. The van der Waals surface area contributed by atoms with Gasteiger partial charge in [-0.25, -0.2) is 12.8 Å². The number of rotatable bonds is 12. The van der Waals surface area contributed by atoms with E-state index in [1.165, 1.54) is 36.3 Å². The van der Waals surface area contributed by atoms with Crippen LogP contribution in [0.3, 0.4) is 0 Å². The van der Waals surface area contributed by atoms with Gasteiger partial charge in [0.15, 0.2) is 0 Å². The fourth-order valence-electron chi connectivity index (χ4n) is 5.33. The summed E-state index contributed by atoms with van der Waals surface area (Å²) in [5.74, 6) is -1.22. The van der Waals surface area contributed by atoms with E-state index >= 15 is 0 Å². The lowest BCUT2D eigenvalue weighted by Gasteiger charge is -2.35. The maximum atomic E-state index is 14.9. The normalized spacial score (nSPS) is 14.5. The molecule has 0 bridgehead atoms. The molecule has 1 aliphatic rings. The van der Waals surface area contributed by atoms with Crippen molar-refractivity contribution in [2.45, 2.75) is 57.2 Å². The minimum atomic E-state index is -3.98. The molecule has 1 saturated carbocycles. The van der Waals surface area contributed by atoms with Gasteiger partial charge in [0.05, 0.1) is 24.1 Å². The highest BCUT2D eigenvalue weighted by atomic mass is 35.5. The number of nitrogens with one attached hydrogen (secondary N) is 1. The van der Waals surface area contributed by atoms with Crippen LogP contribution in [0.5, 0.6) is 5.75 Å². The number of benzene rings is 3. The Morgan fingerprint density at radius 1 is 1.02 bits per heavy atom. The highest BCUT2D eigenvalue weighted by molar-refractivity contribution is 7.92. The second kappa shape index (κ2) is 14.7. The van der Waals surface area contributed by atoms with Crippen molar-refractivity contribution in [2.75, 3.05) is 24.2 Å². The molecule has 1 N–H and O–H groups in total. The van der Waals surface area contributed by atoms with Crippen LogP contribution in [-0.4, -0.2) is 57.1 Å². The van der Waals surface area contributed by atoms with Crippen LogP contribution in [0.15, 0.2) is 72.8 Å². The van der Waals surface area contributed by atoms with E-state index in [9.17, 15) is 22.4 Å². The van der Waals surface area contributed by atoms with Gasteiger partial charge in [-0.2, -0.15) is 0 Å². The molecule has 0 aromatic heterocycles. The quantitative estimate of drug-likeness (QED) is 0.292. The van der Waals surface area contributed by atoms with Crippen molar-refractivity contribution in [1.82, 2.24) is 10.2 Å². The third-order valence-corrected chi connectivity index (χ3v) is 9.06. The molecule has 8 nitrogen and oxygen atoms in total. The second-order valence-corrected chi connectivity index (χ2v) is 13.1. The monoisotopic (exact) mass is 629 g/mol. The lowest BCUT2D eigenvalue weighted by Crippen LogP contribution is -2.55. The van der Waals surface area contributed by atoms with E-state index in [1.54, 1.807) is 18.2 Å². The van der Waals surface area contributed by atoms with E-state index in [-0.39, 0.29) is 41.2 Å². The number of anilines is 1. The number of nitrogens with zero attached hydrogens (tertiary/aromatic N) is 2. The minimum absolute atomic E-state index is 0.0288. The summed E-state index contributed by atoms with van der Waals surface area (Å²) in [5, 5.41) is 3.29. The molecule has 3 aromatic carbocycles. The molecular weight excluding hydrogens is 593 g/mol. The average molecular weight is 630 g/mol. The van der Waals surface area contributed by atoms with Gasteiger partial charge in [0.25, 0.3) is 0 Å². The first-order valence-electron chi connectivity index (χ1n) is 14.2. The Hall–Kier alpha value is -3.63. The molecule has 43 heavy (non-hydrogen) atoms.